The van der Waals surface area contributed by atoms with E-state index >= 15 is 0 Å². The quantitative estimate of drug-likeness (QED) is 0.493. The lowest BCUT2D eigenvalue weighted by Crippen LogP contribution is -2.27. The van der Waals surface area contributed by atoms with Gasteiger partial charge >= 0.3 is 11.7 Å². The van der Waals surface area contributed by atoms with Crippen LogP contribution >= 0.6 is 15.9 Å². The number of aliphatic carboxylic acids is 1. The zero-order valence-electron chi connectivity index (χ0n) is 9.01. The summed E-state index contributed by atoms with van der Waals surface area (Å²) < 4.78 is 18.3. The molecule has 8 heteroatoms. The van der Waals surface area contributed by atoms with Crippen molar-refractivity contribution in [2.45, 2.75) is 12.5 Å². The minimum absolute atomic E-state index is 0.0635. The van der Waals surface area contributed by atoms with Crippen molar-refractivity contribution >= 4 is 27.6 Å². The van der Waals surface area contributed by atoms with E-state index in [1.165, 1.54) is 0 Å². The average molecular weight is 322 g/mol. The van der Waals surface area contributed by atoms with Gasteiger partial charge in [-0.05, 0) is 6.07 Å². The first-order chi connectivity index (χ1) is 8.45. The third-order valence-corrected chi connectivity index (χ3v) is 2.50. The monoisotopic (exact) mass is 321 g/mol. The van der Waals surface area contributed by atoms with Crippen molar-refractivity contribution in [3.05, 3.63) is 34.1 Å². The number of carboxylic acid groups (broad SMARTS) is 1. The molecule has 1 atom stereocenters. The number of hydrogen-bond acceptors (Lipinski definition) is 4. The molecule has 0 spiro atoms. The van der Waals surface area contributed by atoms with Gasteiger partial charge < -0.3 is 9.84 Å². The first-order valence-corrected chi connectivity index (χ1v) is 5.97. The zero-order valence-corrected chi connectivity index (χ0v) is 10.6. The smallest absolute Gasteiger partial charge is 0.344 e. The van der Waals surface area contributed by atoms with Crippen molar-refractivity contribution in [1.29, 1.82) is 0 Å². The second-order valence-electron chi connectivity index (χ2n) is 3.29. The lowest BCUT2D eigenvalue weighted by atomic mass is 10.2. The van der Waals surface area contributed by atoms with Gasteiger partial charge in [-0.1, -0.05) is 15.9 Å². The van der Waals surface area contributed by atoms with Crippen LogP contribution in [0.25, 0.3) is 0 Å². The molecule has 1 unspecified atom stereocenters. The van der Waals surface area contributed by atoms with Gasteiger partial charge in [0.15, 0.2) is 6.10 Å². The molecule has 1 aromatic carbocycles. The van der Waals surface area contributed by atoms with E-state index in [0.29, 0.717) is 5.33 Å². The molecule has 0 saturated carbocycles. The SMILES string of the molecule is O=C(O)C(CCBr)Oc1ccc([N+](=O)[O-])c(F)c1. The second kappa shape index (κ2) is 6.29. The van der Waals surface area contributed by atoms with Gasteiger partial charge in [-0.15, -0.1) is 0 Å². The molecule has 0 amide bonds. The molecular formula is C10H9BrFNO5. The van der Waals surface area contributed by atoms with Crippen molar-refractivity contribution in [2.75, 3.05) is 5.33 Å². The Bertz CT molecular complexity index is 468. The van der Waals surface area contributed by atoms with Crippen molar-refractivity contribution in [2.24, 2.45) is 0 Å². The Morgan fingerprint density at radius 2 is 2.28 bits per heavy atom. The Balaban J connectivity index is 2.88. The lowest BCUT2D eigenvalue weighted by Gasteiger charge is -2.13. The summed E-state index contributed by atoms with van der Waals surface area (Å²) in [4.78, 5) is 20.3. The Hall–Kier alpha value is -1.70. The second-order valence-corrected chi connectivity index (χ2v) is 4.09. The molecule has 0 saturated heterocycles. The van der Waals surface area contributed by atoms with E-state index in [0.717, 1.165) is 18.2 Å². The summed E-state index contributed by atoms with van der Waals surface area (Å²) in [5.41, 5.74) is -0.685. The summed E-state index contributed by atoms with van der Waals surface area (Å²) in [7, 11) is 0. The molecule has 0 heterocycles. The van der Waals surface area contributed by atoms with E-state index in [9.17, 15) is 19.3 Å². The van der Waals surface area contributed by atoms with Gasteiger partial charge in [0, 0.05) is 23.9 Å². The minimum Gasteiger partial charge on any atom is -0.479 e. The molecule has 1 rings (SSSR count). The van der Waals surface area contributed by atoms with E-state index in [2.05, 4.69) is 15.9 Å². The number of nitrogens with zero attached hydrogens (tertiary/aromatic N) is 1. The third kappa shape index (κ3) is 3.66. The fourth-order valence-corrected chi connectivity index (χ4v) is 1.62. The summed E-state index contributed by atoms with van der Waals surface area (Å²) in [5.74, 6) is -2.32. The topological polar surface area (TPSA) is 89.7 Å². The maximum Gasteiger partial charge on any atom is 0.344 e. The van der Waals surface area contributed by atoms with Gasteiger partial charge in [-0.25, -0.2) is 4.79 Å². The van der Waals surface area contributed by atoms with Gasteiger partial charge in [-0.2, -0.15) is 4.39 Å². The van der Waals surface area contributed by atoms with Gasteiger partial charge in [0.05, 0.1) is 4.92 Å². The van der Waals surface area contributed by atoms with Crippen molar-refractivity contribution < 1.29 is 24.0 Å². The highest BCUT2D eigenvalue weighted by molar-refractivity contribution is 9.09. The van der Waals surface area contributed by atoms with E-state index in [1.54, 1.807) is 0 Å². The molecule has 0 fully saturated rings. The van der Waals surface area contributed by atoms with Crippen LogP contribution < -0.4 is 4.74 Å². The lowest BCUT2D eigenvalue weighted by molar-refractivity contribution is -0.387. The van der Waals surface area contributed by atoms with Crippen molar-refractivity contribution in [3.63, 3.8) is 0 Å². The highest BCUT2D eigenvalue weighted by Crippen LogP contribution is 2.23. The van der Waals surface area contributed by atoms with Crippen molar-refractivity contribution in [3.8, 4) is 5.75 Å². The van der Waals surface area contributed by atoms with E-state index in [-0.39, 0.29) is 12.2 Å². The normalized spacial score (nSPS) is 11.9. The summed E-state index contributed by atoms with van der Waals surface area (Å²) in [6, 6.07) is 2.88. The maximum atomic E-state index is 13.3. The van der Waals surface area contributed by atoms with Gasteiger partial charge in [0.2, 0.25) is 5.82 Å². The van der Waals surface area contributed by atoms with Crippen LogP contribution in [0.1, 0.15) is 6.42 Å². The number of halogens is 2. The van der Waals surface area contributed by atoms with Gasteiger partial charge in [0.25, 0.3) is 0 Å². The average Bonchev–Trinajstić information content (AvgIpc) is 2.27. The first kappa shape index (κ1) is 14.4. The van der Waals surface area contributed by atoms with Crippen LogP contribution in [0.5, 0.6) is 5.75 Å². The van der Waals surface area contributed by atoms with Crippen LogP contribution in [-0.2, 0) is 4.79 Å². The molecule has 0 bridgehead atoms. The molecule has 0 aliphatic rings. The standard InChI is InChI=1S/C10H9BrFNO5/c11-4-3-9(10(14)15)18-6-1-2-8(13(16)17)7(12)5-6/h1-2,5,9H,3-4H2,(H,14,15). The number of alkyl halides is 1. The number of benzene rings is 1. The molecular weight excluding hydrogens is 313 g/mol. The van der Waals surface area contributed by atoms with Crippen LogP contribution in [0.2, 0.25) is 0 Å². The number of carboxylic acids is 1. The summed E-state index contributed by atoms with van der Waals surface area (Å²) >= 11 is 3.07. The zero-order chi connectivity index (χ0) is 13.7. The van der Waals surface area contributed by atoms with Gasteiger partial charge in [-0.3, -0.25) is 10.1 Å². The molecule has 0 aliphatic heterocycles. The highest BCUT2D eigenvalue weighted by atomic mass is 79.9. The van der Waals surface area contributed by atoms with Gasteiger partial charge in [0.1, 0.15) is 5.75 Å². The Morgan fingerprint density at radius 1 is 1.61 bits per heavy atom. The fraction of sp³-hybridized carbons (Fsp3) is 0.300. The van der Waals surface area contributed by atoms with E-state index in [1.807, 2.05) is 0 Å². The number of nitro groups is 1. The Labute approximate surface area is 110 Å². The van der Waals surface area contributed by atoms with Crippen molar-refractivity contribution in [1.82, 2.24) is 0 Å². The van der Waals surface area contributed by atoms with Crippen LogP contribution in [0, 0.1) is 15.9 Å². The number of ether oxygens (including phenoxy) is 1. The van der Waals surface area contributed by atoms with Crippen LogP contribution in [-0.4, -0.2) is 27.4 Å². The molecule has 6 nitrogen and oxygen atoms in total. The number of carbonyl (C=O) groups is 1. The van der Waals surface area contributed by atoms with Crippen LogP contribution in [0.4, 0.5) is 10.1 Å². The number of hydrogen-bond donors (Lipinski definition) is 1. The molecule has 0 aliphatic carbocycles. The predicted molar refractivity (Wildman–Crippen MR) is 63.5 cm³/mol. The number of rotatable bonds is 6. The molecule has 18 heavy (non-hydrogen) atoms. The Morgan fingerprint density at radius 3 is 2.72 bits per heavy atom. The molecule has 98 valence electrons. The third-order valence-electron chi connectivity index (χ3n) is 2.04. The Kier molecular flexibility index (Phi) is 5.02. The largest absolute Gasteiger partial charge is 0.479 e. The molecule has 0 aromatic heterocycles. The van der Waals surface area contributed by atoms with E-state index < -0.39 is 28.5 Å². The van der Waals surface area contributed by atoms with E-state index in [4.69, 9.17) is 9.84 Å². The summed E-state index contributed by atoms with van der Waals surface area (Å²) in [6.45, 7) is 0. The van der Waals surface area contributed by atoms with Crippen LogP contribution in [0.3, 0.4) is 0 Å². The minimum atomic E-state index is -1.19. The maximum absolute atomic E-state index is 13.3. The molecule has 1 N–H and O–H groups in total. The highest BCUT2D eigenvalue weighted by Gasteiger charge is 2.20. The molecule has 0 radical (unpaired) electrons. The first-order valence-electron chi connectivity index (χ1n) is 4.85. The summed E-state index contributed by atoms with van der Waals surface area (Å²) in [5, 5.41) is 19.6. The summed E-state index contributed by atoms with van der Waals surface area (Å²) in [6.07, 6.45) is -0.946. The molecule has 1 aromatic rings. The predicted octanol–water partition coefficient (Wildman–Crippen LogP) is 2.35. The van der Waals surface area contributed by atoms with Crippen LogP contribution in [0.15, 0.2) is 18.2 Å². The fourth-order valence-electron chi connectivity index (χ4n) is 1.21. The number of nitro benzene ring substituents is 1.